The summed E-state index contributed by atoms with van der Waals surface area (Å²) >= 11 is 1.58. The predicted molar refractivity (Wildman–Crippen MR) is 144 cm³/mol. The van der Waals surface area contributed by atoms with Gasteiger partial charge in [-0.05, 0) is 109 Å². The van der Waals surface area contributed by atoms with E-state index in [-0.39, 0.29) is 23.6 Å². The number of carbonyl (C=O) groups excluding carboxylic acids is 3. The Hall–Kier alpha value is -2.42. The second-order valence-electron chi connectivity index (χ2n) is 11.5. The number of ether oxygens (including phenoxy) is 1. The topological polar surface area (TPSA) is 108 Å². The highest BCUT2D eigenvalue weighted by Gasteiger charge is 2.42. The molecule has 0 bridgehead atoms. The van der Waals surface area contributed by atoms with E-state index in [9.17, 15) is 19.5 Å². The van der Waals surface area contributed by atoms with E-state index in [1.165, 1.54) is 0 Å². The van der Waals surface area contributed by atoms with Crippen LogP contribution in [0, 0.1) is 6.92 Å². The lowest BCUT2D eigenvalue weighted by Gasteiger charge is -2.44. The summed E-state index contributed by atoms with van der Waals surface area (Å²) in [6.45, 7) is 12.8. The zero-order valence-corrected chi connectivity index (χ0v) is 23.8. The summed E-state index contributed by atoms with van der Waals surface area (Å²) in [6, 6.07) is 3.12. The van der Waals surface area contributed by atoms with Crippen LogP contribution in [0.25, 0.3) is 0 Å². The van der Waals surface area contributed by atoms with Crippen molar-refractivity contribution >= 4 is 29.7 Å². The first-order valence-electron chi connectivity index (χ1n) is 12.5. The van der Waals surface area contributed by atoms with Crippen LogP contribution in [-0.2, 0) is 14.3 Å². The van der Waals surface area contributed by atoms with Gasteiger partial charge in [0, 0.05) is 11.6 Å². The molecule has 202 valence electrons. The third-order valence-corrected chi connectivity index (χ3v) is 6.53. The molecule has 3 N–H and O–H groups in total. The summed E-state index contributed by atoms with van der Waals surface area (Å²) in [7, 11) is 0. The highest BCUT2D eigenvalue weighted by atomic mass is 32.2. The molecule has 2 atom stereocenters. The number of amides is 3. The van der Waals surface area contributed by atoms with Crippen LogP contribution in [0.4, 0.5) is 4.79 Å². The maximum Gasteiger partial charge on any atom is 0.408 e. The minimum atomic E-state index is -0.904. The van der Waals surface area contributed by atoms with Crippen molar-refractivity contribution in [2.45, 2.75) is 103 Å². The predicted octanol–water partition coefficient (Wildman–Crippen LogP) is 4.68. The smallest absolute Gasteiger partial charge is 0.408 e. The van der Waals surface area contributed by atoms with E-state index in [2.05, 4.69) is 10.6 Å². The van der Waals surface area contributed by atoms with Crippen LogP contribution in [0.5, 0.6) is 5.75 Å². The average molecular weight is 522 g/mol. The average Bonchev–Trinajstić information content (AvgIpc) is 2.68. The van der Waals surface area contributed by atoms with Crippen molar-refractivity contribution in [3.63, 3.8) is 0 Å². The summed E-state index contributed by atoms with van der Waals surface area (Å²) in [5.74, 6) is 0.176. The maximum atomic E-state index is 14.1. The van der Waals surface area contributed by atoms with Crippen LogP contribution in [0.15, 0.2) is 18.2 Å². The van der Waals surface area contributed by atoms with Crippen LogP contribution >= 0.6 is 11.8 Å². The van der Waals surface area contributed by atoms with Gasteiger partial charge in [0.2, 0.25) is 11.8 Å². The molecule has 0 heterocycles. The molecule has 8 nitrogen and oxygen atoms in total. The molecule has 0 radical (unpaired) electrons. The van der Waals surface area contributed by atoms with E-state index in [4.69, 9.17) is 4.74 Å². The molecule has 0 saturated heterocycles. The van der Waals surface area contributed by atoms with Gasteiger partial charge in [0.05, 0.1) is 0 Å². The van der Waals surface area contributed by atoms with Gasteiger partial charge in [-0.1, -0.05) is 6.07 Å². The van der Waals surface area contributed by atoms with Crippen molar-refractivity contribution in [3.8, 4) is 5.75 Å². The number of aryl methyl sites for hydroxylation is 1. The van der Waals surface area contributed by atoms with Gasteiger partial charge in [-0.25, -0.2) is 4.79 Å². The Bertz CT molecular complexity index is 934. The molecular weight excluding hydrogens is 478 g/mol. The number of hydrogen-bond donors (Lipinski definition) is 3. The molecule has 0 spiro atoms. The number of carbonyl (C=O) groups is 3. The van der Waals surface area contributed by atoms with Gasteiger partial charge in [0.1, 0.15) is 23.4 Å². The monoisotopic (exact) mass is 521 g/mol. The van der Waals surface area contributed by atoms with Gasteiger partial charge in [0.25, 0.3) is 0 Å². The van der Waals surface area contributed by atoms with Crippen molar-refractivity contribution in [1.29, 1.82) is 0 Å². The minimum Gasteiger partial charge on any atom is -0.508 e. The van der Waals surface area contributed by atoms with Crippen LogP contribution in [-0.4, -0.2) is 63.1 Å². The molecule has 1 aromatic rings. The van der Waals surface area contributed by atoms with Crippen LogP contribution in [0.2, 0.25) is 0 Å². The summed E-state index contributed by atoms with van der Waals surface area (Å²) in [4.78, 5) is 42.1. The largest absolute Gasteiger partial charge is 0.508 e. The third-order valence-electron chi connectivity index (χ3n) is 5.88. The van der Waals surface area contributed by atoms with Crippen molar-refractivity contribution in [3.05, 3.63) is 29.3 Å². The third kappa shape index (κ3) is 8.61. The van der Waals surface area contributed by atoms with Gasteiger partial charge >= 0.3 is 6.09 Å². The number of hydrogen-bond acceptors (Lipinski definition) is 6. The van der Waals surface area contributed by atoms with E-state index >= 15 is 0 Å². The van der Waals surface area contributed by atoms with Gasteiger partial charge in [-0.3, -0.25) is 9.59 Å². The van der Waals surface area contributed by atoms with Crippen LogP contribution < -0.4 is 10.6 Å². The summed E-state index contributed by atoms with van der Waals surface area (Å²) < 4.78 is 5.43. The molecule has 36 heavy (non-hydrogen) atoms. The van der Waals surface area contributed by atoms with Crippen molar-refractivity contribution < 1.29 is 24.2 Å². The fraction of sp³-hybridized carbons (Fsp3) is 0.667. The molecule has 1 aromatic carbocycles. The lowest BCUT2D eigenvalue weighted by Crippen LogP contribution is -2.58. The number of phenols is 1. The van der Waals surface area contributed by atoms with E-state index in [1.54, 1.807) is 62.6 Å². The number of phenolic OH excluding ortho intramolecular Hbond substituents is 1. The zero-order chi connectivity index (χ0) is 27.3. The lowest BCUT2D eigenvalue weighted by atomic mass is 9.87. The molecule has 1 aliphatic carbocycles. The highest BCUT2D eigenvalue weighted by molar-refractivity contribution is 7.98. The van der Waals surface area contributed by atoms with E-state index < -0.39 is 29.3 Å². The summed E-state index contributed by atoms with van der Waals surface area (Å²) in [5.41, 5.74) is 0.0210. The number of nitrogens with one attached hydrogen (secondary N) is 2. The SMILES string of the molecule is CSCCC(NC(=O)OC(C)(C)C)C(=O)N(C1CCC1)C(C(=O)NC(C)(C)C)c1ccc(O)c(C)c1. The Balaban J connectivity index is 2.52. The first-order chi connectivity index (χ1) is 16.6. The quantitative estimate of drug-likeness (QED) is 0.435. The fourth-order valence-corrected chi connectivity index (χ4v) is 4.50. The van der Waals surface area contributed by atoms with E-state index in [0.29, 0.717) is 23.3 Å². The Labute approximate surface area is 219 Å². The molecule has 2 unspecified atom stereocenters. The lowest BCUT2D eigenvalue weighted by molar-refractivity contribution is -0.148. The summed E-state index contributed by atoms with van der Waals surface area (Å²) in [5, 5.41) is 15.9. The molecule has 1 aliphatic rings. The van der Waals surface area contributed by atoms with Crippen LogP contribution in [0.3, 0.4) is 0 Å². The van der Waals surface area contributed by atoms with E-state index in [0.717, 1.165) is 19.3 Å². The Morgan fingerprint density at radius 3 is 2.28 bits per heavy atom. The molecule has 1 saturated carbocycles. The number of rotatable bonds is 9. The van der Waals surface area contributed by atoms with Gasteiger partial charge in [-0.15, -0.1) is 0 Å². The Morgan fingerprint density at radius 2 is 1.81 bits per heavy atom. The normalized spacial score (nSPS) is 15.9. The Kier molecular flexibility index (Phi) is 10.1. The second kappa shape index (κ2) is 12.2. The number of benzene rings is 1. The molecule has 0 aromatic heterocycles. The number of nitrogens with zero attached hydrogens (tertiary/aromatic N) is 1. The maximum absolute atomic E-state index is 14.1. The van der Waals surface area contributed by atoms with Crippen LogP contribution in [0.1, 0.15) is 84.4 Å². The van der Waals surface area contributed by atoms with Gasteiger partial charge < -0.3 is 25.4 Å². The zero-order valence-electron chi connectivity index (χ0n) is 22.9. The van der Waals surface area contributed by atoms with Gasteiger partial charge in [0.15, 0.2) is 0 Å². The molecule has 0 aliphatic heterocycles. The van der Waals surface area contributed by atoms with Gasteiger partial charge in [-0.2, -0.15) is 11.8 Å². The molecule has 3 amide bonds. The first kappa shape index (κ1) is 29.8. The van der Waals surface area contributed by atoms with Crippen molar-refractivity contribution in [2.75, 3.05) is 12.0 Å². The molecule has 9 heteroatoms. The minimum absolute atomic E-state index is 0.125. The van der Waals surface area contributed by atoms with Crippen molar-refractivity contribution in [1.82, 2.24) is 15.5 Å². The first-order valence-corrected chi connectivity index (χ1v) is 13.9. The van der Waals surface area contributed by atoms with E-state index in [1.807, 2.05) is 27.0 Å². The second-order valence-corrected chi connectivity index (χ2v) is 12.5. The Morgan fingerprint density at radius 1 is 1.17 bits per heavy atom. The number of aromatic hydroxyl groups is 1. The number of thioether (sulfide) groups is 1. The van der Waals surface area contributed by atoms with Crippen molar-refractivity contribution in [2.24, 2.45) is 0 Å². The molecular formula is C27H43N3O5S. The molecule has 2 rings (SSSR count). The fourth-order valence-electron chi connectivity index (χ4n) is 4.03. The number of alkyl carbamates (subject to hydrolysis) is 1. The summed E-state index contributed by atoms with van der Waals surface area (Å²) in [6.07, 6.45) is 4.22. The highest BCUT2D eigenvalue weighted by Crippen LogP contribution is 2.35. The molecule has 1 fully saturated rings. The standard InChI is InChI=1S/C27H43N3O5S/c1-17-16-18(12-13-21(17)31)22(23(32)29-26(2,3)4)30(19-10-9-11-19)24(33)20(14-15-36-8)28-25(34)35-27(5,6)7/h12-13,16,19-20,22,31H,9-11,14-15H2,1-8H3,(H,28,34)(H,29,32).